The van der Waals surface area contributed by atoms with Crippen molar-refractivity contribution < 1.29 is 9.59 Å². The largest absolute Gasteiger partial charge is 0.335 e. The molecule has 1 amide bonds. The van der Waals surface area contributed by atoms with Gasteiger partial charge in [-0.25, -0.2) is 0 Å². The van der Waals surface area contributed by atoms with Crippen molar-refractivity contribution in [2.24, 2.45) is 11.3 Å². The number of rotatable bonds is 2. The van der Waals surface area contributed by atoms with Gasteiger partial charge < -0.3 is 4.90 Å². The van der Waals surface area contributed by atoms with Gasteiger partial charge in [-0.2, -0.15) is 0 Å². The number of benzene rings is 1. The SMILES string of the molecule is C[C@H](c1ccccc1)N1C[C@H]2CCC(=O)[C@]2(C)C1=O. The molecule has 1 aromatic carbocycles. The molecule has 3 rings (SSSR count). The Morgan fingerprint density at radius 3 is 2.58 bits per heavy atom. The Hall–Kier alpha value is -1.64. The van der Waals surface area contributed by atoms with Crippen LogP contribution in [0.3, 0.4) is 0 Å². The van der Waals surface area contributed by atoms with Crippen LogP contribution in [0.5, 0.6) is 0 Å². The summed E-state index contributed by atoms with van der Waals surface area (Å²) >= 11 is 0. The molecular formula is C16H19NO2. The molecule has 0 unspecified atom stereocenters. The Balaban J connectivity index is 1.89. The Bertz CT molecular complexity index is 525. The minimum Gasteiger partial charge on any atom is -0.335 e. The monoisotopic (exact) mass is 257 g/mol. The summed E-state index contributed by atoms with van der Waals surface area (Å²) in [7, 11) is 0. The summed E-state index contributed by atoms with van der Waals surface area (Å²) in [6.07, 6.45) is 1.43. The number of ketones is 1. The van der Waals surface area contributed by atoms with E-state index < -0.39 is 5.41 Å². The highest BCUT2D eigenvalue weighted by Crippen LogP contribution is 2.48. The van der Waals surface area contributed by atoms with Crippen molar-refractivity contribution >= 4 is 11.7 Å². The maximum Gasteiger partial charge on any atom is 0.236 e. The predicted molar refractivity (Wildman–Crippen MR) is 72.4 cm³/mol. The van der Waals surface area contributed by atoms with Crippen molar-refractivity contribution in [1.29, 1.82) is 0 Å². The first-order valence-corrected chi connectivity index (χ1v) is 6.94. The topological polar surface area (TPSA) is 37.4 Å². The van der Waals surface area contributed by atoms with Gasteiger partial charge in [-0.15, -0.1) is 0 Å². The first kappa shape index (κ1) is 12.4. The second-order valence-corrected chi connectivity index (χ2v) is 5.91. The molecule has 1 aliphatic carbocycles. The fourth-order valence-corrected chi connectivity index (χ4v) is 3.51. The van der Waals surface area contributed by atoms with Crippen LogP contribution in [0.15, 0.2) is 30.3 Å². The van der Waals surface area contributed by atoms with Gasteiger partial charge in [-0.3, -0.25) is 9.59 Å². The third-order valence-electron chi connectivity index (χ3n) is 4.99. The minimum atomic E-state index is -0.747. The number of amides is 1. The molecule has 1 heterocycles. The maximum atomic E-state index is 12.6. The highest BCUT2D eigenvalue weighted by atomic mass is 16.2. The molecule has 1 saturated heterocycles. The molecule has 19 heavy (non-hydrogen) atoms. The second-order valence-electron chi connectivity index (χ2n) is 5.91. The molecule has 2 aliphatic rings. The number of hydrogen-bond donors (Lipinski definition) is 0. The number of carbonyl (C=O) groups excluding carboxylic acids is 2. The number of nitrogens with zero attached hydrogens (tertiary/aromatic N) is 1. The van der Waals surface area contributed by atoms with Crippen molar-refractivity contribution in [3.63, 3.8) is 0 Å². The quantitative estimate of drug-likeness (QED) is 0.764. The van der Waals surface area contributed by atoms with Crippen LogP contribution >= 0.6 is 0 Å². The zero-order valence-corrected chi connectivity index (χ0v) is 11.4. The highest BCUT2D eigenvalue weighted by Gasteiger charge is 2.59. The van der Waals surface area contributed by atoms with Crippen molar-refractivity contribution in [3.05, 3.63) is 35.9 Å². The Morgan fingerprint density at radius 2 is 1.95 bits per heavy atom. The Labute approximate surface area is 113 Å². The van der Waals surface area contributed by atoms with Gasteiger partial charge in [0.25, 0.3) is 0 Å². The molecule has 100 valence electrons. The van der Waals surface area contributed by atoms with Crippen molar-refractivity contribution in [2.75, 3.05) is 6.54 Å². The lowest BCUT2D eigenvalue weighted by Gasteiger charge is -2.27. The van der Waals surface area contributed by atoms with E-state index in [9.17, 15) is 9.59 Å². The van der Waals surface area contributed by atoms with Gasteiger partial charge in [0.15, 0.2) is 0 Å². The van der Waals surface area contributed by atoms with Crippen LogP contribution in [-0.2, 0) is 9.59 Å². The molecule has 0 spiro atoms. The molecule has 1 saturated carbocycles. The van der Waals surface area contributed by atoms with E-state index in [0.717, 1.165) is 18.5 Å². The van der Waals surface area contributed by atoms with Crippen LogP contribution in [0.4, 0.5) is 0 Å². The fourth-order valence-electron chi connectivity index (χ4n) is 3.51. The average molecular weight is 257 g/mol. The minimum absolute atomic E-state index is 0.0244. The number of carbonyl (C=O) groups is 2. The number of hydrogen-bond acceptors (Lipinski definition) is 2. The summed E-state index contributed by atoms with van der Waals surface area (Å²) in [6.45, 7) is 4.60. The molecule has 0 radical (unpaired) electrons. The molecule has 3 atom stereocenters. The van der Waals surface area contributed by atoms with Crippen LogP contribution in [0.1, 0.15) is 38.3 Å². The molecule has 0 bridgehead atoms. The van der Waals surface area contributed by atoms with Gasteiger partial charge in [0.1, 0.15) is 11.2 Å². The zero-order chi connectivity index (χ0) is 13.6. The Morgan fingerprint density at radius 1 is 1.26 bits per heavy atom. The third-order valence-corrected chi connectivity index (χ3v) is 4.99. The van der Waals surface area contributed by atoms with E-state index >= 15 is 0 Å². The molecule has 2 fully saturated rings. The van der Waals surface area contributed by atoms with E-state index in [1.165, 1.54) is 0 Å². The van der Waals surface area contributed by atoms with Gasteiger partial charge >= 0.3 is 0 Å². The summed E-state index contributed by atoms with van der Waals surface area (Å²) in [5, 5.41) is 0. The molecular weight excluding hydrogens is 238 g/mol. The molecule has 1 aromatic rings. The Kier molecular flexibility index (Phi) is 2.73. The smallest absolute Gasteiger partial charge is 0.236 e. The standard InChI is InChI=1S/C16H19NO2/c1-11(12-6-4-3-5-7-12)17-10-13-8-9-14(18)16(13,2)15(17)19/h3-7,11,13H,8-10H2,1-2H3/t11-,13-,16-/m1/s1. The molecule has 3 heteroatoms. The number of fused-ring (bicyclic) bond motifs is 1. The first-order valence-electron chi connectivity index (χ1n) is 6.94. The number of likely N-dealkylation sites (tertiary alicyclic amines) is 1. The lowest BCUT2D eigenvalue weighted by Crippen LogP contribution is -2.38. The summed E-state index contributed by atoms with van der Waals surface area (Å²) in [5.41, 5.74) is 0.384. The van der Waals surface area contributed by atoms with Gasteiger partial charge in [0, 0.05) is 13.0 Å². The molecule has 0 N–H and O–H groups in total. The zero-order valence-electron chi connectivity index (χ0n) is 11.4. The van der Waals surface area contributed by atoms with E-state index in [4.69, 9.17) is 0 Å². The van der Waals surface area contributed by atoms with E-state index in [1.807, 2.05) is 49.1 Å². The van der Waals surface area contributed by atoms with Gasteiger partial charge in [0.05, 0.1) is 6.04 Å². The maximum absolute atomic E-state index is 12.6. The molecule has 1 aliphatic heterocycles. The van der Waals surface area contributed by atoms with E-state index in [-0.39, 0.29) is 23.7 Å². The van der Waals surface area contributed by atoms with Crippen molar-refractivity contribution in [1.82, 2.24) is 4.90 Å². The lowest BCUT2D eigenvalue weighted by molar-refractivity contribution is -0.143. The van der Waals surface area contributed by atoms with Gasteiger partial charge in [0.2, 0.25) is 5.91 Å². The van der Waals surface area contributed by atoms with Crippen LogP contribution < -0.4 is 0 Å². The molecule has 0 aromatic heterocycles. The summed E-state index contributed by atoms with van der Waals surface area (Å²) in [6, 6.07) is 10.1. The van der Waals surface area contributed by atoms with E-state index in [1.54, 1.807) is 0 Å². The third kappa shape index (κ3) is 1.64. The van der Waals surface area contributed by atoms with Crippen LogP contribution in [0.2, 0.25) is 0 Å². The molecule has 3 nitrogen and oxygen atoms in total. The summed E-state index contributed by atoms with van der Waals surface area (Å²) < 4.78 is 0. The van der Waals surface area contributed by atoms with Crippen LogP contribution in [0.25, 0.3) is 0 Å². The van der Waals surface area contributed by atoms with Crippen molar-refractivity contribution in [2.45, 2.75) is 32.7 Å². The number of Topliss-reactive ketones (excluding diaryl/α,β-unsaturated/α-hetero) is 1. The van der Waals surface area contributed by atoms with Gasteiger partial charge in [-0.1, -0.05) is 30.3 Å². The first-order chi connectivity index (χ1) is 9.05. The predicted octanol–water partition coefficient (Wildman–Crippen LogP) is 2.58. The fraction of sp³-hybridized carbons (Fsp3) is 0.500. The van der Waals surface area contributed by atoms with E-state index in [0.29, 0.717) is 6.42 Å². The highest BCUT2D eigenvalue weighted by molar-refractivity contribution is 6.09. The van der Waals surface area contributed by atoms with Gasteiger partial charge in [-0.05, 0) is 31.7 Å². The van der Waals surface area contributed by atoms with E-state index in [2.05, 4.69) is 0 Å². The summed E-state index contributed by atoms with van der Waals surface area (Å²) in [5.74, 6) is 0.361. The average Bonchev–Trinajstić information content (AvgIpc) is 2.86. The van der Waals surface area contributed by atoms with Crippen molar-refractivity contribution in [3.8, 4) is 0 Å². The van der Waals surface area contributed by atoms with Crippen LogP contribution in [-0.4, -0.2) is 23.1 Å². The second kappa shape index (κ2) is 4.19. The normalized spacial score (nSPS) is 31.7. The lowest BCUT2D eigenvalue weighted by atomic mass is 9.81. The van der Waals surface area contributed by atoms with Crippen LogP contribution in [0, 0.1) is 11.3 Å². The summed E-state index contributed by atoms with van der Waals surface area (Å²) in [4.78, 5) is 26.6.